The molecule has 2 aliphatic carbocycles. The van der Waals surface area contributed by atoms with Gasteiger partial charge in [-0.1, -0.05) is 0 Å². The second kappa shape index (κ2) is 11.7. The SMILES string of the molecule is CC[C](CC)=[Hf]([CH3])([CH3])([CH]1C=Cc2c(-c3cccc(C(C)(C)C)c3)cccc21)[CH]1C=Cc2c(-c3cccc(C(C)(C)C)c3)cccc21. The van der Waals surface area contributed by atoms with Crippen molar-refractivity contribution in [3.63, 3.8) is 0 Å². The van der Waals surface area contributed by atoms with E-state index in [4.69, 9.17) is 0 Å². The molecule has 0 radical (unpaired) electrons. The quantitative estimate of drug-likeness (QED) is 0.171. The Balaban J connectivity index is 1.52. The molecule has 4 aromatic carbocycles. The third-order valence-electron chi connectivity index (χ3n) is 11.8. The Morgan fingerprint density at radius 2 is 0.957 bits per heavy atom. The Morgan fingerprint density at radius 1 is 0.565 bits per heavy atom. The van der Waals surface area contributed by atoms with Gasteiger partial charge < -0.3 is 0 Å². The van der Waals surface area contributed by atoms with E-state index in [1.54, 1.807) is 11.1 Å². The summed E-state index contributed by atoms with van der Waals surface area (Å²) in [6.45, 7) is 18.7. The number of allylic oxidation sites excluding steroid dienone is 2. The number of fused-ring (bicyclic) bond motifs is 2. The molecule has 4 aromatic rings. The van der Waals surface area contributed by atoms with E-state index in [1.165, 1.54) is 57.3 Å². The van der Waals surface area contributed by atoms with Gasteiger partial charge in [0.1, 0.15) is 0 Å². The normalized spacial score (nSPS) is 17.7. The molecular formula is C45H54Hf. The number of hydrogen-bond acceptors (Lipinski definition) is 0. The molecular weight excluding hydrogens is 719 g/mol. The molecule has 0 saturated carbocycles. The van der Waals surface area contributed by atoms with Crippen molar-refractivity contribution in [2.45, 2.75) is 95.8 Å². The van der Waals surface area contributed by atoms with E-state index in [9.17, 15) is 0 Å². The van der Waals surface area contributed by atoms with Crippen LogP contribution in [0.25, 0.3) is 34.4 Å². The van der Waals surface area contributed by atoms with Crippen LogP contribution in [-0.4, -0.2) is 3.26 Å². The zero-order chi connectivity index (χ0) is 33.1. The van der Waals surface area contributed by atoms with Gasteiger partial charge in [0.05, 0.1) is 0 Å². The summed E-state index contributed by atoms with van der Waals surface area (Å²) in [5, 5.41) is 0. The van der Waals surface area contributed by atoms with Gasteiger partial charge in [-0.25, -0.2) is 0 Å². The second-order valence-electron chi connectivity index (χ2n) is 16.9. The van der Waals surface area contributed by atoms with Crippen LogP contribution in [0.15, 0.2) is 97.1 Å². The van der Waals surface area contributed by atoms with Crippen molar-refractivity contribution < 1.29 is 18.0 Å². The van der Waals surface area contributed by atoms with Gasteiger partial charge in [-0.2, -0.15) is 0 Å². The fourth-order valence-corrected chi connectivity index (χ4v) is 35.2. The minimum absolute atomic E-state index is 0.122. The molecule has 0 N–H and O–H groups in total. The molecule has 2 aliphatic rings. The molecule has 0 bridgehead atoms. The van der Waals surface area contributed by atoms with Crippen molar-refractivity contribution in [2.75, 3.05) is 0 Å². The van der Waals surface area contributed by atoms with Crippen molar-refractivity contribution in [1.82, 2.24) is 0 Å². The van der Waals surface area contributed by atoms with E-state index in [0.29, 0.717) is 7.35 Å². The Kier molecular flexibility index (Phi) is 8.37. The molecule has 2 atom stereocenters. The van der Waals surface area contributed by atoms with Crippen LogP contribution in [0.1, 0.15) is 109 Å². The van der Waals surface area contributed by atoms with Crippen LogP contribution >= 0.6 is 0 Å². The van der Waals surface area contributed by atoms with E-state index in [-0.39, 0.29) is 10.8 Å². The second-order valence-corrected chi connectivity index (χ2v) is 42.6. The first-order valence-electron chi connectivity index (χ1n) is 17.6. The van der Waals surface area contributed by atoms with E-state index in [0.717, 1.165) is 0 Å². The van der Waals surface area contributed by atoms with Gasteiger partial charge in [0, 0.05) is 0 Å². The molecule has 0 heterocycles. The van der Waals surface area contributed by atoms with Crippen molar-refractivity contribution >= 4 is 15.4 Å². The summed E-state index contributed by atoms with van der Waals surface area (Å²) in [7, 11) is 0. The predicted molar refractivity (Wildman–Crippen MR) is 202 cm³/mol. The summed E-state index contributed by atoms with van der Waals surface area (Å²) >= 11 is -4.03. The molecule has 0 spiro atoms. The summed E-state index contributed by atoms with van der Waals surface area (Å²) in [4.78, 5) is 0. The first-order valence-corrected chi connectivity index (χ1v) is 30.7. The number of benzene rings is 4. The van der Waals surface area contributed by atoms with Gasteiger partial charge in [-0.3, -0.25) is 0 Å². The molecule has 238 valence electrons. The number of hydrogen-bond donors (Lipinski definition) is 0. The Labute approximate surface area is 280 Å². The van der Waals surface area contributed by atoms with Crippen molar-refractivity contribution in [2.24, 2.45) is 0 Å². The molecule has 0 nitrogen and oxygen atoms in total. The van der Waals surface area contributed by atoms with Gasteiger partial charge in [0.15, 0.2) is 0 Å². The van der Waals surface area contributed by atoms with E-state index < -0.39 is 18.0 Å². The summed E-state index contributed by atoms with van der Waals surface area (Å²) in [5.41, 5.74) is 14.4. The van der Waals surface area contributed by atoms with Crippen LogP contribution in [-0.2, 0) is 28.8 Å². The molecule has 0 aromatic heterocycles. The van der Waals surface area contributed by atoms with Crippen LogP contribution in [0.5, 0.6) is 0 Å². The van der Waals surface area contributed by atoms with Gasteiger partial charge in [0.25, 0.3) is 0 Å². The number of rotatable bonds is 6. The monoisotopic (exact) mass is 774 g/mol. The van der Waals surface area contributed by atoms with Crippen LogP contribution in [0, 0.1) is 0 Å². The molecule has 0 saturated heterocycles. The average Bonchev–Trinajstić information content (AvgIpc) is 3.67. The average molecular weight is 773 g/mol. The topological polar surface area (TPSA) is 0 Å². The zero-order valence-corrected chi connectivity index (χ0v) is 33.6. The maximum atomic E-state index is 2.80. The van der Waals surface area contributed by atoms with Crippen LogP contribution in [0.2, 0.25) is 9.36 Å². The van der Waals surface area contributed by atoms with Crippen LogP contribution < -0.4 is 0 Å². The third kappa shape index (κ3) is 5.35. The third-order valence-corrected chi connectivity index (χ3v) is 39.7. The first kappa shape index (κ1) is 33.0. The molecule has 0 aliphatic heterocycles. The van der Waals surface area contributed by atoms with E-state index >= 15 is 0 Å². The minimum atomic E-state index is -4.03. The van der Waals surface area contributed by atoms with Crippen molar-refractivity contribution in [1.29, 1.82) is 0 Å². The Hall–Kier alpha value is -2.90. The van der Waals surface area contributed by atoms with Gasteiger partial charge in [-0.15, -0.1) is 0 Å². The summed E-state index contributed by atoms with van der Waals surface area (Å²) in [5.74, 6) is 0. The van der Waals surface area contributed by atoms with Crippen LogP contribution in [0.3, 0.4) is 0 Å². The molecule has 46 heavy (non-hydrogen) atoms. The van der Waals surface area contributed by atoms with Gasteiger partial charge in [0.2, 0.25) is 0 Å². The molecule has 6 rings (SSSR count). The Bertz CT molecular complexity index is 1800. The zero-order valence-electron chi connectivity index (χ0n) is 30.0. The van der Waals surface area contributed by atoms with Crippen molar-refractivity contribution in [3.05, 3.63) is 130 Å². The first-order chi connectivity index (χ1) is 21.7. The fraction of sp³-hybridized carbons (Fsp3) is 0.356. The standard InChI is InChI=1S/2C19H19.C5H10.2CH3.Hf/c2*1-19(2,3)16-10-4-9-15(13-16)18-12-6-8-14-7-5-11-17(14)18;1-3-5-4-2;;;/h2*4-13H,1-3H3;3-4H2,1-2H3;2*1H3;. The predicted octanol–water partition coefficient (Wildman–Crippen LogP) is 13.2. The van der Waals surface area contributed by atoms with Gasteiger partial charge in [-0.05, 0) is 0 Å². The molecule has 0 amide bonds. The maximum absolute atomic E-state index is 4.03. The Morgan fingerprint density at radius 3 is 1.33 bits per heavy atom. The summed E-state index contributed by atoms with van der Waals surface area (Å²) in [6.07, 6.45) is 12.6. The molecule has 0 fully saturated rings. The summed E-state index contributed by atoms with van der Waals surface area (Å²) in [6, 6.07) is 32.7. The van der Waals surface area contributed by atoms with Gasteiger partial charge >= 0.3 is 282 Å². The van der Waals surface area contributed by atoms with E-state index in [2.05, 4.69) is 174 Å². The van der Waals surface area contributed by atoms with Crippen LogP contribution in [0.4, 0.5) is 0 Å². The molecule has 2 unspecified atom stereocenters. The summed E-state index contributed by atoms with van der Waals surface area (Å²) < 4.78 is 8.39. The molecule has 1 heteroatoms. The van der Waals surface area contributed by atoms with E-state index in [1.807, 2.05) is 3.26 Å². The fourth-order valence-electron chi connectivity index (χ4n) is 9.03. The van der Waals surface area contributed by atoms with Crippen molar-refractivity contribution in [3.8, 4) is 22.3 Å².